The molecule has 0 bridgehead atoms. The van der Waals surface area contributed by atoms with Gasteiger partial charge in [0.15, 0.2) is 0 Å². The highest BCUT2D eigenvalue weighted by Gasteiger charge is 2.57. The van der Waals surface area contributed by atoms with Gasteiger partial charge in [0.1, 0.15) is 6.10 Å². The summed E-state index contributed by atoms with van der Waals surface area (Å²) in [5.41, 5.74) is 6.50. The molecule has 2 N–H and O–H groups in total. The van der Waals surface area contributed by atoms with Crippen molar-refractivity contribution in [2.75, 3.05) is 0 Å². The molecule has 1 aromatic heterocycles. The van der Waals surface area contributed by atoms with Crippen molar-refractivity contribution in [3.8, 4) is 0 Å². The molecule has 0 aliphatic heterocycles. The summed E-state index contributed by atoms with van der Waals surface area (Å²) in [6.07, 6.45) is 22.1. The second-order valence-corrected chi connectivity index (χ2v) is 13.0. The van der Waals surface area contributed by atoms with Crippen LogP contribution in [0.3, 0.4) is 0 Å². The number of amides is 1. The summed E-state index contributed by atoms with van der Waals surface area (Å²) in [5, 5.41) is 8.53. The van der Waals surface area contributed by atoms with Crippen LogP contribution in [-0.4, -0.2) is 28.2 Å². The lowest BCUT2D eigenvalue weighted by Crippen LogP contribution is -2.50. The number of carbonyl (C=O) groups is 2. The number of unbranched alkanes of at least 4 members (excludes halogenated alkanes) is 4. The van der Waals surface area contributed by atoms with Crippen LogP contribution in [0.5, 0.6) is 0 Å². The van der Waals surface area contributed by atoms with E-state index in [0.29, 0.717) is 18.8 Å². The van der Waals surface area contributed by atoms with E-state index in [9.17, 15) is 9.59 Å². The third-order valence-electron chi connectivity index (χ3n) is 10.8. The molecule has 5 rings (SSSR count). The molecule has 4 aliphatic rings. The lowest BCUT2D eigenvalue weighted by molar-refractivity contribution is -0.151. The summed E-state index contributed by atoms with van der Waals surface area (Å²) in [4.78, 5) is 28.0. The summed E-state index contributed by atoms with van der Waals surface area (Å²) in [5.74, 6) is 1.74. The Bertz CT molecular complexity index is 1100. The molecule has 1 heterocycles. The molecule has 1 aromatic rings. The Labute approximate surface area is 233 Å². The average molecular weight is 535 g/mol. The number of carbonyl (C=O) groups excluding carboxylic acids is 2. The van der Waals surface area contributed by atoms with E-state index in [2.05, 4.69) is 43.1 Å². The second kappa shape index (κ2) is 12.0. The molecule has 0 aromatic carbocycles. The Morgan fingerprint density at radius 2 is 1.77 bits per heavy atom. The van der Waals surface area contributed by atoms with Crippen LogP contribution in [0.15, 0.2) is 42.3 Å². The van der Waals surface area contributed by atoms with Crippen molar-refractivity contribution in [1.82, 2.24) is 10.5 Å². The number of allylic oxidation sites excluding steroid dienone is 3. The number of esters is 1. The van der Waals surface area contributed by atoms with Crippen LogP contribution < -0.4 is 5.48 Å². The van der Waals surface area contributed by atoms with Crippen molar-refractivity contribution in [2.24, 2.45) is 28.6 Å². The molecule has 6 atom stereocenters. The fraction of sp³-hybridized carbons (Fsp3) is 0.667. The first-order valence-corrected chi connectivity index (χ1v) is 15.3. The molecule has 4 aliphatic carbocycles. The number of nitrogens with one attached hydrogen (secondary N) is 1. The van der Waals surface area contributed by atoms with Gasteiger partial charge in [-0.25, -0.2) is 5.48 Å². The van der Waals surface area contributed by atoms with Crippen LogP contribution in [0.2, 0.25) is 0 Å². The van der Waals surface area contributed by atoms with Gasteiger partial charge >= 0.3 is 5.97 Å². The van der Waals surface area contributed by atoms with Gasteiger partial charge in [-0.05, 0) is 97.2 Å². The SMILES string of the molecule is C[C@]12CC[C@H](OC(=O)CCCCCCCC(=O)NO)CC1=CCC1C2CC[C@]2(C)C(c3cccnc3)=CCC12. The molecule has 6 nitrogen and oxygen atoms in total. The van der Waals surface area contributed by atoms with Crippen LogP contribution in [0.4, 0.5) is 0 Å². The quantitative estimate of drug-likeness (QED) is 0.109. The zero-order valence-corrected chi connectivity index (χ0v) is 23.8. The first-order valence-electron chi connectivity index (χ1n) is 15.3. The van der Waals surface area contributed by atoms with Gasteiger partial charge in [-0.1, -0.05) is 56.9 Å². The summed E-state index contributed by atoms with van der Waals surface area (Å²) in [7, 11) is 0. The minimum atomic E-state index is -0.335. The molecular formula is C33H46N2O4. The maximum Gasteiger partial charge on any atom is 0.306 e. The molecule has 0 radical (unpaired) electrons. The second-order valence-electron chi connectivity index (χ2n) is 13.0. The van der Waals surface area contributed by atoms with Gasteiger partial charge in [0.2, 0.25) is 5.91 Å². The zero-order chi connectivity index (χ0) is 27.5. The monoisotopic (exact) mass is 534 g/mol. The minimum absolute atomic E-state index is 0.0181. The molecule has 3 unspecified atom stereocenters. The largest absolute Gasteiger partial charge is 0.462 e. The third-order valence-corrected chi connectivity index (χ3v) is 10.8. The van der Waals surface area contributed by atoms with Crippen molar-refractivity contribution in [3.05, 3.63) is 47.8 Å². The number of fused-ring (bicyclic) bond motifs is 5. The predicted molar refractivity (Wildman–Crippen MR) is 151 cm³/mol. The number of ether oxygens (including phenoxy) is 1. The summed E-state index contributed by atoms with van der Waals surface area (Å²) >= 11 is 0. The molecule has 2 saturated carbocycles. The Kier molecular flexibility index (Phi) is 8.60. The van der Waals surface area contributed by atoms with Crippen LogP contribution in [0.1, 0.15) is 109 Å². The molecule has 212 valence electrons. The topological polar surface area (TPSA) is 88.5 Å². The summed E-state index contributed by atoms with van der Waals surface area (Å²) in [6, 6.07) is 4.29. The lowest BCUT2D eigenvalue weighted by atomic mass is 9.47. The number of hydrogen-bond acceptors (Lipinski definition) is 5. The average Bonchev–Trinajstić information content (AvgIpc) is 3.30. The van der Waals surface area contributed by atoms with Gasteiger partial charge in [0.25, 0.3) is 0 Å². The van der Waals surface area contributed by atoms with Crippen molar-refractivity contribution in [1.29, 1.82) is 0 Å². The fourth-order valence-corrected chi connectivity index (χ4v) is 8.65. The first kappa shape index (κ1) is 28.1. The van der Waals surface area contributed by atoms with Crippen molar-refractivity contribution in [2.45, 2.75) is 110 Å². The Balaban J connectivity index is 1.12. The molecule has 2 fully saturated rings. The standard InChI is InChI=1S/C33H46N2O4/c1-32-18-16-25(39-31(37)11-7-5-3-4-6-10-30(36)35-38)21-24(32)12-13-26-28-15-14-27(23-9-8-20-34-22-23)33(28,2)19-17-29(26)32/h8-9,12,14,20,22,25-26,28-29,38H,3-7,10-11,13,15-19,21H2,1-2H3,(H,35,36)/t25-,26?,28?,29?,32-,33+/m0/s1. The van der Waals surface area contributed by atoms with Gasteiger partial charge in [-0.3, -0.25) is 19.8 Å². The van der Waals surface area contributed by atoms with E-state index in [1.165, 1.54) is 30.4 Å². The normalized spacial score (nSPS) is 33.2. The van der Waals surface area contributed by atoms with E-state index < -0.39 is 0 Å². The molecule has 39 heavy (non-hydrogen) atoms. The van der Waals surface area contributed by atoms with Crippen LogP contribution in [0, 0.1) is 28.6 Å². The van der Waals surface area contributed by atoms with E-state index in [1.54, 1.807) is 11.1 Å². The summed E-state index contributed by atoms with van der Waals surface area (Å²) in [6.45, 7) is 5.01. The highest BCUT2D eigenvalue weighted by atomic mass is 16.5. The number of aromatic nitrogens is 1. The van der Waals surface area contributed by atoms with E-state index in [4.69, 9.17) is 9.94 Å². The van der Waals surface area contributed by atoms with Crippen LogP contribution in [-0.2, 0) is 14.3 Å². The van der Waals surface area contributed by atoms with Crippen LogP contribution in [0.25, 0.3) is 5.57 Å². The van der Waals surface area contributed by atoms with Gasteiger partial charge in [-0.15, -0.1) is 0 Å². The number of pyridine rings is 1. The smallest absolute Gasteiger partial charge is 0.306 e. The minimum Gasteiger partial charge on any atom is -0.462 e. The third kappa shape index (κ3) is 5.73. The fourth-order valence-electron chi connectivity index (χ4n) is 8.65. The number of nitrogens with zero attached hydrogens (tertiary/aromatic N) is 1. The highest BCUT2D eigenvalue weighted by Crippen LogP contribution is 2.66. The maximum atomic E-state index is 12.6. The summed E-state index contributed by atoms with van der Waals surface area (Å²) < 4.78 is 5.97. The van der Waals surface area contributed by atoms with E-state index in [0.717, 1.165) is 69.6 Å². The van der Waals surface area contributed by atoms with Crippen LogP contribution >= 0.6 is 0 Å². The van der Waals surface area contributed by atoms with E-state index >= 15 is 0 Å². The predicted octanol–water partition coefficient (Wildman–Crippen LogP) is 7.19. The number of hydrogen-bond donors (Lipinski definition) is 2. The van der Waals surface area contributed by atoms with Crippen molar-refractivity contribution < 1.29 is 19.5 Å². The Morgan fingerprint density at radius 3 is 2.54 bits per heavy atom. The molecule has 6 heteroatoms. The lowest BCUT2D eigenvalue weighted by Gasteiger charge is -2.57. The van der Waals surface area contributed by atoms with E-state index in [-0.39, 0.29) is 28.8 Å². The van der Waals surface area contributed by atoms with Gasteiger partial charge in [0, 0.05) is 31.7 Å². The molecule has 0 spiro atoms. The molecule has 0 saturated heterocycles. The van der Waals surface area contributed by atoms with E-state index in [1.807, 2.05) is 12.4 Å². The molecular weight excluding hydrogens is 488 g/mol. The molecule has 1 amide bonds. The maximum absolute atomic E-state index is 12.6. The zero-order valence-electron chi connectivity index (χ0n) is 23.8. The van der Waals surface area contributed by atoms with Gasteiger partial charge in [-0.2, -0.15) is 0 Å². The Morgan fingerprint density at radius 1 is 1.00 bits per heavy atom. The van der Waals surface area contributed by atoms with Gasteiger partial charge < -0.3 is 4.74 Å². The highest BCUT2D eigenvalue weighted by molar-refractivity contribution is 5.74. The van der Waals surface area contributed by atoms with Gasteiger partial charge in [0.05, 0.1) is 0 Å². The first-order chi connectivity index (χ1) is 18.8. The van der Waals surface area contributed by atoms with Crippen molar-refractivity contribution in [3.63, 3.8) is 0 Å². The number of hydroxylamine groups is 1. The Hall–Kier alpha value is -2.47. The van der Waals surface area contributed by atoms with Crippen molar-refractivity contribution >= 4 is 17.4 Å². The number of rotatable bonds is 10.